The van der Waals surface area contributed by atoms with Crippen molar-refractivity contribution in [3.63, 3.8) is 0 Å². The van der Waals surface area contributed by atoms with Crippen LogP contribution in [-0.2, 0) is 19.5 Å². The first-order valence-corrected chi connectivity index (χ1v) is 7.61. The molecule has 0 saturated carbocycles. The number of anilines is 1. The molecular weight excluding hydrogens is 284 g/mol. The van der Waals surface area contributed by atoms with Gasteiger partial charge in [-0.2, -0.15) is 0 Å². The van der Waals surface area contributed by atoms with Crippen LogP contribution in [0.15, 0.2) is 23.1 Å². The van der Waals surface area contributed by atoms with Crippen molar-refractivity contribution in [3.05, 3.63) is 18.2 Å². The summed E-state index contributed by atoms with van der Waals surface area (Å²) >= 11 is 0. The van der Waals surface area contributed by atoms with Gasteiger partial charge in [0, 0.05) is 26.2 Å². The number of hydrogen-bond donors (Lipinski definition) is 2. The van der Waals surface area contributed by atoms with Crippen molar-refractivity contribution in [2.75, 3.05) is 39.3 Å². The minimum absolute atomic E-state index is 0.0296. The molecule has 1 aromatic carbocycles. The van der Waals surface area contributed by atoms with Crippen molar-refractivity contribution in [2.24, 2.45) is 5.14 Å². The largest absolute Gasteiger partial charge is 0.491 e. The molecule has 0 unspecified atom stereocenters. The number of ether oxygens (including phenoxy) is 3. The average Bonchev–Trinajstić information content (AvgIpc) is 2.38. The number of methoxy groups -OCH3 is 1. The second-order valence-electron chi connectivity index (χ2n) is 4.05. The van der Waals surface area contributed by atoms with Gasteiger partial charge >= 0.3 is 0 Å². The first-order chi connectivity index (χ1) is 9.45. The van der Waals surface area contributed by atoms with Gasteiger partial charge in [-0.3, -0.25) is 0 Å². The molecule has 20 heavy (non-hydrogen) atoms. The number of hydrogen-bond acceptors (Lipinski definition) is 6. The fourth-order valence-corrected chi connectivity index (χ4v) is 1.93. The summed E-state index contributed by atoms with van der Waals surface area (Å²) in [6, 6.07) is 4.10. The molecule has 0 aliphatic carbocycles. The van der Waals surface area contributed by atoms with E-state index in [4.69, 9.17) is 25.1 Å². The lowest BCUT2D eigenvalue weighted by molar-refractivity contribution is 0.0644. The van der Waals surface area contributed by atoms with E-state index in [0.717, 1.165) is 0 Å². The maximum absolute atomic E-state index is 11.2. The first-order valence-electron chi connectivity index (χ1n) is 6.07. The minimum atomic E-state index is -3.76. The van der Waals surface area contributed by atoms with Gasteiger partial charge in [-0.05, 0) is 12.1 Å². The quantitative estimate of drug-likeness (QED) is 0.502. The highest BCUT2D eigenvalue weighted by atomic mass is 32.2. The maximum atomic E-state index is 11.2. The van der Waals surface area contributed by atoms with Crippen molar-refractivity contribution in [3.8, 4) is 5.75 Å². The highest BCUT2D eigenvalue weighted by Crippen LogP contribution is 2.24. The predicted molar refractivity (Wildman–Crippen MR) is 75.0 cm³/mol. The molecule has 0 bridgehead atoms. The van der Waals surface area contributed by atoms with Crippen LogP contribution < -0.4 is 15.6 Å². The third-order valence-electron chi connectivity index (χ3n) is 2.44. The van der Waals surface area contributed by atoms with Crippen LogP contribution in [0.2, 0.25) is 0 Å². The maximum Gasteiger partial charge on any atom is 0.238 e. The van der Waals surface area contributed by atoms with E-state index in [2.05, 4.69) is 0 Å². The van der Waals surface area contributed by atoms with Gasteiger partial charge in [-0.1, -0.05) is 0 Å². The molecule has 0 aliphatic heterocycles. The molecule has 0 amide bonds. The van der Waals surface area contributed by atoms with Gasteiger partial charge in [-0.25, -0.2) is 13.6 Å². The van der Waals surface area contributed by atoms with Crippen molar-refractivity contribution in [1.82, 2.24) is 0 Å². The summed E-state index contributed by atoms with van der Waals surface area (Å²) in [5, 5.41) is 5.04. The van der Waals surface area contributed by atoms with Crippen LogP contribution in [0.3, 0.4) is 0 Å². The van der Waals surface area contributed by atoms with Crippen LogP contribution >= 0.6 is 0 Å². The summed E-state index contributed by atoms with van der Waals surface area (Å²) in [7, 11) is -2.16. The number of benzene rings is 1. The number of primary sulfonamides is 1. The predicted octanol–water partition coefficient (Wildman–Crippen LogP) is 0.348. The number of nitrogens with two attached hydrogens (primary N) is 2. The third kappa shape index (κ3) is 5.74. The highest BCUT2D eigenvalue weighted by Gasteiger charge is 2.11. The Morgan fingerprint density at radius 3 is 2.55 bits per heavy atom. The second-order valence-corrected chi connectivity index (χ2v) is 5.61. The Kier molecular flexibility index (Phi) is 6.73. The zero-order valence-corrected chi connectivity index (χ0v) is 12.2. The molecule has 4 N–H and O–H groups in total. The Labute approximate surface area is 118 Å². The van der Waals surface area contributed by atoms with E-state index >= 15 is 0 Å². The smallest absolute Gasteiger partial charge is 0.238 e. The molecule has 0 atom stereocenters. The van der Waals surface area contributed by atoms with E-state index in [9.17, 15) is 8.42 Å². The summed E-state index contributed by atoms with van der Waals surface area (Å²) in [6.07, 6.45) is 0.656. The van der Waals surface area contributed by atoms with Crippen molar-refractivity contribution >= 4 is 15.7 Å². The molecular formula is C12H20N2O5S. The van der Waals surface area contributed by atoms with Gasteiger partial charge < -0.3 is 19.9 Å². The molecule has 1 rings (SSSR count). The second kappa shape index (κ2) is 8.05. The normalized spacial score (nSPS) is 11.5. The summed E-state index contributed by atoms with van der Waals surface area (Å²) in [5.74, 6) is 0.299. The van der Waals surface area contributed by atoms with Crippen LogP contribution in [-0.4, -0.2) is 42.0 Å². The Bertz CT molecular complexity index is 519. The van der Waals surface area contributed by atoms with Crippen LogP contribution in [0.4, 0.5) is 5.69 Å². The summed E-state index contributed by atoms with van der Waals surface area (Å²) in [6.45, 7) is 1.97. The highest BCUT2D eigenvalue weighted by molar-refractivity contribution is 7.89. The van der Waals surface area contributed by atoms with Gasteiger partial charge in [-0.15, -0.1) is 0 Å². The van der Waals surface area contributed by atoms with Crippen molar-refractivity contribution in [2.45, 2.75) is 11.3 Å². The van der Waals surface area contributed by atoms with E-state index in [1.165, 1.54) is 18.2 Å². The zero-order chi connectivity index (χ0) is 15.0. The molecule has 1 aromatic rings. The number of rotatable bonds is 9. The van der Waals surface area contributed by atoms with Gasteiger partial charge in [0.25, 0.3) is 0 Å². The van der Waals surface area contributed by atoms with Crippen LogP contribution in [0.25, 0.3) is 0 Å². The molecule has 0 aromatic heterocycles. The molecule has 0 heterocycles. The van der Waals surface area contributed by atoms with Crippen molar-refractivity contribution in [1.29, 1.82) is 0 Å². The topological polar surface area (TPSA) is 114 Å². The molecule has 0 spiro atoms. The van der Waals surface area contributed by atoms with Gasteiger partial charge in [0.2, 0.25) is 10.0 Å². The van der Waals surface area contributed by atoms with Gasteiger partial charge in [0.05, 0.1) is 30.4 Å². The molecule has 0 fully saturated rings. The zero-order valence-electron chi connectivity index (χ0n) is 11.4. The monoisotopic (exact) mass is 304 g/mol. The standard InChI is InChI=1S/C12H20N2O5S/c1-17-7-8-18-5-2-6-19-12-9-10(20(14,15)16)3-4-11(12)13/h3-4,9H,2,5-8,13H2,1H3,(H2,14,15,16). The number of sulfonamides is 1. The van der Waals surface area contributed by atoms with Crippen LogP contribution in [0, 0.1) is 0 Å². The molecule has 0 saturated heterocycles. The Hall–Kier alpha value is -1.35. The molecule has 7 nitrogen and oxygen atoms in total. The lowest BCUT2D eigenvalue weighted by Crippen LogP contribution is -2.13. The van der Waals surface area contributed by atoms with E-state index in [0.29, 0.717) is 44.3 Å². The van der Waals surface area contributed by atoms with E-state index in [1.807, 2.05) is 0 Å². The summed E-state index contributed by atoms with van der Waals surface area (Å²) in [5.41, 5.74) is 6.06. The lowest BCUT2D eigenvalue weighted by atomic mass is 10.3. The van der Waals surface area contributed by atoms with Gasteiger partial charge in [0.1, 0.15) is 5.75 Å². The first kappa shape index (κ1) is 16.7. The Balaban J connectivity index is 2.44. The molecule has 114 valence electrons. The van der Waals surface area contributed by atoms with Gasteiger partial charge in [0.15, 0.2) is 0 Å². The van der Waals surface area contributed by atoms with E-state index < -0.39 is 10.0 Å². The van der Waals surface area contributed by atoms with Crippen LogP contribution in [0.1, 0.15) is 6.42 Å². The lowest BCUT2D eigenvalue weighted by Gasteiger charge is -2.10. The fraction of sp³-hybridized carbons (Fsp3) is 0.500. The summed E-state index contributed by atoms with van der Waals surface area (Å²) in [4.78, 5) is -0.0296. The number of nitrogen functional groups attached to an aromatic ring is 1. The van der Waals surface area contributed by atoms with E-state index in [1.54, 1.807) is 7.11 Å². The molecule has 0 radical (unpaired) electrons. The average molecular weight is 304 g/mol. The SMILES string of the molecule is COCCOCCCOc1cc(S(N)(=O)=O)ccc1N. The fourth-order valence-electron chi connectivity index (χ4n) is 1.40. The van der Waals surface area contributed by atoms with Crippen molar-refractivity contribution < 1.29 is 22.6 Å². The molecule has 8 heteroatoms. The van der Waals surface area contributed by atoms with Crippen LogP contribution in [0.5, 0.6) is 5.75 Å². The summed E-state index contributed by atoms with van der Waals surface area (Å²) < 4.78 is 38.0. The minimum Gasteiger partial charge on any atom is -0.491 e. The third-order valence-corrected chi connectivity index (χ3v) is 3.35. The molecule has 0 aliphatic rings. The Morgan fingerprint density at radius 1 is 1.15 bits per heavy atom. The van der Waals surface area contributed by atoms with E-state index in [-0.39, 0.29) is 4.90 Å². The Morgan fingerprint density at radius 2 is 1.90 bits per heavy atom.